The van der Waals surface area contributed by atoms with E-state index in [2.05, 4.69) is 17.1 Å². The average molecular weight is 304 g/mol. The van der Waals surface area contributed by atoms with Gasteiger partial charge in [-0.05, 0) is 63.1 Å². The van der Waals surface area contributed by atoms with Crippen LogP contribution in [-0.4, -0.2) is 29.4 Å². The largest absolute Gasteiger partial charge is 0.348 e. The van der Waals surface area contributed by atoms with E-state index in [1.807, 2.05) is 6.92 Å². The standard InChI is InChI=1S/C18H25FN2O/c1-12(14-5-7-16(19)8-6-14)20-18(22)11-21(17-9-10-17)13(2)15-3-4-15/h5-8,12-13,15,17H,3-4,9-11H2,1-2H3,(H,20,22). The molecular weight excluding hydrogens is 279 g/mol. The van der Waals surface area contributed by atoms with Crippen molar-refractivity contribution < 1.29 is 9.18 Å². The summed E-state index contributed by atoms with van der Waals surface area (Å²) in [4.78, 5) is 14.7. The maximum absolute atomic E-state index is 13.0. The van der Waals surface area contributed by atoms with Crippen molar-refractivity contribution in [1.29, 1.82) is 0 Å². The van der Waals surface area contributed by atoms with E-state index < -0.39 is 0 Å². The van der Waals surface area contributed by atoms with E-state index in [1.165, 1.54) is 37.8 Å². The van der Waals surface area contributed by atoms with E-state index in [0.29, 0.717) is 18.6 Å². The van der Waals surface area contributed by atoms with E-state index in [-0.39, 0.29) is 17.8 Å². The Hall–Kier alpha value is -1.42. The zero-order valence-corrected chi connectivity index (χ0v) is 13.4. The molecule has 0 spiro atoms. The number of hydrogen-bond acceptors (Lipinski definition) is 2. The van der Waals surface area contributed by atoms with Gasteiger partial charge in [-0.3, -0.25) is 9.69 Å². The molecule has 1 amide bonds. The molecule has 3 nitrogen and oxygen atoms in total. The van der Waals surface area contributed by atoms with Crippen LogP contribution in [-0.2, 0) is 4.79 Å². The van der Waals surface area contributed by atoms with Crippen molar-refractivity contribution in [2.45, 2.75) is 57.7 Å². The van der Waals surface area contributed by atoms with E-state index in [0.717, 1.165) is 11.5 Å². The lowest BCUT2D eigenvalue weighted by Gasteiger charge is -2.29. The molecule has 1 N–H and O–H groups in total. The van der Waals surface area contributed by atoms with Gasteiger partial charge in [0.25, 0.3) is 0 Å². The molecular formula is C18H25FN2O. The van der Waals surface area contributed by atoms with E-state index in [4.69, 9.17) is 0 Å². The monoisotopic (exact) mass is 304 g/mol. The Balaban J connectivity index is 1.55. The predicted octanol–water partition coefficient (Wildman–Crippen LogP) is 3.27. The lowest BCUT2D eigenvalue weighted by atomic mass is 10.1. The molecule has 2 atom stereocenters. The molecule has 0 radical (unpaired) electrons. The summed E-state index contributed by atoms with van der Waals surface area (Å²) in [7, 11) is 0. The Morgan fingerprint density at radius 1 is 1.23 bits per heavy atom. The zero-order chi connectivity index (χ0) is 15.7. The Labute approximate surface area is 131 Å². The highest BCUT2D eigenvalue weighted by Gasteiger charge is 2.39. The van der Waals surface area contributed by atoms with Gasteiger partial charge in [0.15, 0.2) is 0 Å². The number of halogens is 1. The lowest BCUT2D eigenvalue weighted by Crippen LogP contribution is -2.44. The maximum Gasteiger partial charge on any atom is 0.234 e. The number of amides is 1. The summed E-state index contributed by atoms with van der Waals surface area (Å²) < 4.78 is 13.0. The molecule has 0 heterocycles. The van der Waals surface area contributed by atoms with Gasteiger partial charge < -0.3 is 5.32 Å². The minimum absolute atomic E-state index is 0.0659. The van der Waals surface area contributed by atoms with Gasteiger partial charge in [-0.1, -0.05) is 12.1 Å². The van der Waals surface area contributed by atoms with E-state index >= 15 is 0 Å². The number of carbonyl (C=O) groups is 1. The molecule has 2 aliphatic rings. The second-order valence-electron chi connectivity index (χ2n) is 6.82. The summed E-state index contributed by atoms with van der Waals surface area (Å²) in [6.07, 6.45) is 5.05. The molecule has 0 aliphatic heterocycles. The average Bonchev–Trinajstić information content (AvgIpc) is 3.38. The van der Waals surface area contributed by atoms with Gasteiger partial charge in [-0.25, -0.2) is 4.39 Å². The third-order valence-corrected chi connectivity index (χ3v) is 4.92. The summed E-state index contributed by atoms with van der Waals surface area (Å²) in [6, 6.07) is 7.34. The van der Waals surface area contributed by atoms with Gasteiger partial charge >= 0.3 is 0 Å². The van der Waals surface area contributed by atoms with Crippen molar-refractivity contribution >= 4 is 5.91 Å². The Morgan fingerprint density at radius 3 is 2.41 bits per heavy atom. The first kappa shape index (κ1) is 15.5. The van der Waals surface area contributed by atoms with E-state index in [1.54, 1.807) is 12.1 Å². The molecule has 120 valence electrons. The van der Waals surface area contributed by atoms with Crippen molar-refractivity contribution in [2.75, 3.05) is 6.54 Å². The Morgan fingerprint density at radius 2 is 1.86 bits per heavy atom. The van der Waals surface area contributed by atoms with Crippen LogP contribution in [0, 0.1) is 11.7 Å². The molecule has 3 rings (SSSR count). The van der Waals surface area contributed by atoms with Crippen molar-refractivity contribution in [3.05, 3.63) is 35.6 Å². The molecule has 2 fully saturated rings. The van der Waals surface area contributed by atoms with Gasteiger partial charge in [-0.2, -0.15) is 0 Å². The van der Waals surface area contributed by atoms with Gasteiger partial charge in [0, 0.05) is 12.1 Å². The number of nitrogens with one attached hydrogen (secondary N) is 1. The second-order valence-corrected chi connectivity index (χ2v) is 6.82. The van der Waals surface area contributed by atoms with Crippen LogP contribution in [0.15, 0.2) is 24.3 Å². The predicted molar refractivity (Wildman–Crippen MR) is 84.9 cm³/mol. The first-order valence-electron chi connectivity index (χ1n) is 8.35. The minimum Gasteiger partial charge on any atom is -0.348 e. The molecule has 0 bridgehead atoms. The van der Waals surface area contributed by atoms with Crippen LogP contribution in [0.2, 0.25) is 0 Å². The highest BCUT2D eigenvalue weighted by Crippen LogP contribution is 2.39. The van der Waals surface area contributed by atoms with Crippen LogP contribution < -0.4 is 5.32 Å². The van der Waals surface area contributed by atoms with Crippen molar-refractivity contribution in [3.8, 4) is 0 Å². The van der Waals surface area contributed by atoms with Gasteiger partial charge in [0.1, 0.15) is 5.82 Å². The van der Waals surface area contributed by atoms with Crippen molar-refractivity contribution in [3.63, 3.8) is 0 Å². The van der Waals surface area contributed by atoms with Crippen LogP contribution in [0.4, 0.5) is 4.39 Å². The second kappa shape index (κ2) is 6.37. The lowest BCUT2D eigenvalue weighted by molar-refractivity contribution is -0.123. The molecule has 2 aliphatic carbocycles. The van der Waals surface area contributed by atoms with Gasteiger partial charge in [0.05, 0.1) is 12.6 Å². The fourth-order valence-corrected chi connectivity index (χ4v) is 3.15. The summed E-state index contributed by atoms with van der Waals surface area (Å²) >= 11 is 0. The van der Waals surface area contributed by atoms with Gasteiger partial charge in [-0.15, -0.1) is 0 Å². The molecule has 22 heavy (non-hydrogen) atoms. The number of rotatable bonds is 7. The molecule has 0 aromatic heterocycles. The Kier molecular flexibility index (Phi) is 4.48. The summed E-state index contributed by atoms with van der Waals surface area (Å²) in [5, 5.41) is 3.04. The molecule has 1 aromatic carbocycles. The highest BCUT2D eigenvalue weighted by atomic mass is 19.1. The zero-order valence-electron chi connectivity index (χ0n) is 13.4. The number of nitrogens with zero attached hydrogens (tertiary/aromatic N) is 1. The first-order valence-corrected chi connectivity index (χ1v) is 8.35. The summed E-state index contributed by atoms with van der Waals surface area (Å²) in [5.41, 5.74) is 0.933. The van der Waals surface area contributed by atoms with Crippen LogP contribution >= 0.6 is 0 Å². The smallest absolute Gasteiger partial charge is 0.234 e. The normalized spacial score (nSPS) is 20.7. The topological polar surface area (TPSA) is 32.3 Å². The fraction of sp³-hybridized carbons (Fsp3) is 0.611. The number of hydrogen-bond donors (Lipinski definition) is 1. The van der Waals surface area contributed by atoms with Crippen LogP contribution in [0.25, 0.3) is 0 Å². The fourth-order valence-electron chi connectivity index (χ4n) is 3.15. The Bertz CT molecular complexity index is 522. The number of carbonyl (C=O) groups excluding carboxylic acids is 1. The quantitative estimate of drug-likeness (QED) is 0.838. The molecule has 4 heteroatoms. The van der Waals surface area contributed by atoms with Crippen molar-refractivity contribution in [1.82, 2.24) is 10.2 Å². The van der Waals surface area contributed by atoms with Crippen LogP contribution in [0.3, 0.4) is 0 Å². The minimum atomic E-state index is -0.250. The van der Waals surface area contributed by atoms with E-state index in [9.17, 15) is 9.18 Å². The van der Waals surface area contributed by atoms with Crippen LogP contribution in [0.1, 0.15) is 51.1 Å². The highest BCUT2D eigenvalue weighted by molar-refractivity contribution is 5.78. The van der Waals surface area contributed by atoms with Gasteiger partial charge in [0.2, 0.25) is 5.91 Å². The van der Waals surface area contributed by atoms with Crippen molar-refractivity contribution in [2.24, 2.45) is 5.92 Å². The summed E-state index contributed by atoms with van der Waals surface area (Å²) in [5.74, 6) is 0.597. The molecule has 1 aromatic rings. The molecule has 0 saturated heterocycles. The molecule has 2 saturated carbocycles. The maximum atomic E-state index is 13.0. The van der Waals surface area contributed by atoms with Crippen LogP contribution in [0.5, 0.6) is 0 Å². The SMILES string of the molecule is CC(NC(=O)CN(C1CC1)C(C)C1CC1)c1ccc(F)cc1. The number of benzene rings is 1. The third-order valence-electron chi connectivity index (χ3n) is 4.92. The summed E-state index contributed by atoms with van der Waals surface area (Å²) in [6.45, 7) is 4.68. The molecule has 2 unspecified atom stereocenters. The first-order chi connectivity index (χ1) is 10.5. The third kappa shape index (κ3) is 3.86.